The number of nitrogens with zero attached hydrogens (tertiary/aromatic N) is 4. The molecule has 0 aliphatic rings. The molecule has 11 heteroatoms. The number of aliphatic hydroxyl groups excluding tert-OH is 1. The Kier molecular flexibility index (Phi) is 6.04. The Morgan fingerprint density at radius 3 is 2.59 bits per heavy atom. The fourth-order valence-electron chi connectivity index (χ4n) is 2.72. The third-order valence-electron chi connectivity index (χ3n) is 4.23. The van der Waals surface area contributed by atoms with Crippen LogP contribution in [0, 0.1) is 0 Å². The number of benzene rings is 1. The van der Waals surface area contributed by atoms with E-state index in [-0.39, 0.29) is 30.9 Å². The molecule has 0 saturated carbocycles. The number of carbonyl (C=O) groups excluding carboxylic acids is 1. The highest BCUT2D eigenvalue weighted by Gasteiger charge is 2.17. The van der Waals surface area contributed by atoms with Gasteiger partial charge in [0.05, 0.1) is 12.9 Å². The lowest BCUT2D eigenvalue weighted by molar-refractivity contribution is -0.149. The largest absolute Gasteiger partial charge is 0.482 e. The van der Waals surface area contributed by atoms with Crippen LogP contribution in [-0.4, -0.2) is 49.1 Å². The third-order valence-corrected chi connectivity index (χ3v) is 4.48. The number of aliphatic hydroxyl groups is 1. The van der Waals surface area contributed by atoms with Crippen molar-refractivity contribution in [2.45, 2.75) is 12.6 Å². The summed E-state index contributed by atoms with van der Waals surface area (Å²) < 4.78 is 13.9. The van der Waals surface area contributed by atoms with Crippen LogP contribution >= 0.6 is 11.6 Å². The minimum Gasteiger partial charge on any atom is -0.482 e. The molecule has 1 aromatic carbocycles. The SMILES string of the molecule is Cn1c(=O)c2c(ncn2CC(O)COC(=O)COc2ccc(Cl)cc2)n(C)c1=O. The van der Waals surface area contributed by atoms with Crippen LogP contribution < -0.4 is 16.0 Å². The van der Waals surface area contributed by atoms with Gasteiger partial charge in [0, 0.05) is 19.1 Å². The molecule has 1 unspecified atom stereocenters. The highest BCUT2D eigenvalue weighted by Crippen LogP contribution is 2.15. The standard InChI is InChI=1S/C18H19ClN4O6/c1-21-16-15(17(26)22(2)18(21)27)23(10-20-16)7-12(24)8-29-14(25)9-28-13-5-3-11(19)4-6-13/h3-6,10,12,24H,7-9H2,1-2H3. The highest BCUT2D eigenvalue weighted by molar-refractivity contribution is 6.30. The number of carbonyl (C=O) groups is 1. The van der Waals surface area contributed by atoms with Gasteiger partial charge in [0.25, 0.3) is 5.56 Å². The van der Waals surface area contributed by atoms with Gasteiger partial charge in [-0.3, -0.25) is 13.9 Å². The highest BCUT2D eigenvalue weighted by atomic mass is 35.5. The molecular formula is C18H19ClN4O6. The Morgan fingerprint density at radius 1 is 1.21 bits per heavy atom. The summed E-state index contributed by atoms with van der Waals surface area (Å²) >= 11 is 5.77. The summed E-state index contributed by atoms with van der Waals surface area (Å²) in [5.41, 5.74) is -0.645. The number of fused-ring (bicyclic) bond motifs is 1. The molecule has 1 atom stereocenters. The van der Waals surface area contributed by atoms with Gasteiger partial charge in [-0.05, 0) is 24.3 Å². The second kappa shape index (κ2) is 8.50. The number of ether oxygens (including phenoxy) is 2. The van der Waals surface area contributed by atoms with Gasteiger partial charge in [-0.25, -0.2) is 14.6 Å². The predicted octanol–water partition coefficient (Wildman–Crippen LogP) is 0.0702. The van der Waals surface area contributed by atoms with Crippen LogP contribution in [0.1, 0.15) is 0 Å². The van der Waals surface area contributed by atoms with E-state index in [2.05, 4.69) is 4.98 Å². The maximum atomic E-state index is 12.4. The van der Waals surface area contributed by atoms with Gasteiger partial charge in [0.1, 0.15) is 18.5 Å². The van der Waals surface area contributed by atoms with Crippen molar-refractivity contribution in [2.75, 3.05) is 13.2 Å². The van der Waals surface area contributed by atoms with Crippen LogP contribution in [0.3, 0.4) is 0 Å². The molecule has 0 radical (unpaired) electrons. The van der Waals surface area contributed by atoms with Gasteiger partial charge in [-0.15, -0.1) is 0 Å². The summed E-state index contributed by atoms with van der Waals surface area (Å²) in [4.78, 5) is 40.2. The summed E-state index contributed by atoms with van der Waals surface area (Å²) in [5.74, 6) is -0.203. The fourth-order valence-corrected chi connectivity index (χ4v) is 2.85. The van der Waals surface area contributed by atoms with Crippen molar-refractivity contribution in [3.63, 3.8) is 0 Å². The first-order valence-corrected chi connectivity index (χ1v) is 8.98. The Bertz CT molecular complexity index is 1150. The molecule has 3 aromatic rings. The van der Waals surface area contributed by atoms with E-state index < -0.39 is 23.3 Å². The quantitative estimate of drug-likeness (QED) is 0.535. The molecule has 0 saturated heterocycles. The Balaban J connectivity index is 1.59. The Labute approximate surface area is 169 Å². The second-order valence-corrected chi connectivity index (χ2v) is 6.79. The average molecular weight is 423 g/mol. The summed E-state index contributed by atoms with van der Waals surface area (Å²) in [7, 11) is 2.86. The van der Waals surface area contributed by atoms with Crippen LogP contribution in [0.25, 0.3) is 11.2 Å². The Morgan fingerprint density at radius 2 is 1.90 bits per heavy atom. The monoisotopic (exact) mass is 422 g/mol. The molecule has 0 amide bonds. The Hall–Kier alpha value is -3.11. The number of aromatic nitrogens is 4. The van der Waals surface area contributed by atoms with Crippen molar-refractivity contribution in [1.82, 2.24) is 18.7 Å². The van der Waals surface area contributed by atoms with E-state index in [1.165, 1.54) is 29.6 Å². The van der Waals surface area contributed by atoms with E-state index in [1.54, 1.807) is 24.3 Å². The molecule has 0 spiro atoms. The van der Waals surface area contributed by atoms with Crippen molar-refractivity contribution in [2.24, 2.45) is 14.1 Å². The van der Waals surface area contributed by atoms with Crippen LogP contribution in [0.15, 0.2) is 40.2 Å². The fraction of sp³-hybridized carbons (Fsp3) is 0.333. The summed E-state index contributed by atoms with van der Waals surface area (Å²) in [6.45, 7) is -0.672. The van der Waals surface area contributed by atoms with Crippen molar-refractivity contribution in [3.05, 3.63) is 56.5 Å². The lowest BCUT2D eigenvalue weighted by atomic mass is 10.3. The van der Waals surface area contributed by atoms with Gasteiger partial charge in [-0.1, -0.05) is 11.6 Å². The van der Waals surface area contributed by atoms with Crippen molar-refractivity contribution < 1.29 is 19.4 Å². The van der Waals surface area contributed by atoms with E-state index in [1.807, 2.05) is 0 Å². The average Bonchev–Trinajstić information content (AvgIpc) is 3.12. The summed E-state index contributed by atoms with van der Waals surface area (Å²) in [6, 6.07) is 6.48. The molecule has 10 nitrogen and oxygen atoms in total. The van der Waals surface area contributed by atoms with Crippen LogP contribution in [-0.2, 0) is 30.2 Å². The predicted molar refractivity (Wildman–Crippen MR) is 104 cm³/mol. The molecule has 29 heavy (non-hydrogen) atoms. The van der Waals surface area contributed by atoms with Crippen molar-refractivity contribution in [3.8, 4) is 5.75 Å². The van der Waals surface area contributed by atoms with Gasteiger partial charge >= 0.3 is 11.7 Å². The normalized spacial score (nSPS) is 12.1. The summed E-state index contributed by atoms with van der Waals surface area (Å²) in [5, 5.41) is 10.7. The van der Waals surface area contributed by atoms with Crippen molar-refractivity contribution in [1.29, 1.82) is 0 Å². The third kappa shape index (κ3) is 4.49. The first-order chi connectivity index (χ1) is 13.8. The smallest absolute Gasteiger partial charge is 0.344 e. The zero-order chi connectivity index (χ0) is 21.1. The number of hydrogen-bond acceptors (Lipinski definition) is 7. The van der Waals surface area contributed by atoms with Gasteiger partial charge in [-0.2, -0.15) is 0 Å². The molecule has 0 fully saturated rings. The molecule has 2 aromatic heterocycles. The van der Waals surface area contributed by atoms with Crippen LogP contribution in [0.4, 0.5) is 0 Å². The number of imidazole rings is 1. The zero-order valence-electron chi connectivity index (χ0n) is 15.7. The lowest BCUT2D eigenvalue weighted by Crippen LogP contribution is -2.38. The number of rotatable bonds is 7. The van der Waals surface area contributed by atoms with Gasteiger partial charge < -0.3 is 19.1 Å². The molecule has 0 aliphatic heterocycles. The number of halogens is 1. The van der Waals surface area contributed by atoms with E-state index in [9.17, 15) is 19.5 Å². The molecule has 0 bridgehead atoms. The number of aryl methyl sites for hydroxylation is 1. The second-order valence-electron chi connectivity index (χ2n) is 6.35. The van der Waals surface area contributed by atoms with Crippen LogP contribution in [0.2, 0.25) is 5.02 Å². The van der Waals surface area contributed by atoms with E-state index in [0.29, 0.717) is 10.8 Å². The summed E-state index contributed by atoms with van der Waals surface area (Å²) in [6.07, 6.45) is 0.258. The molecule has 154 valence electrons. The van der Waals surface area contributed by atoms with E-state index in [4.69, 9.17) is 21.1 Å². The topological polar surface area (TPSA) is 118 Å². The number of hydrogen-bond donors (Lipinski definition) is 1. The molecule has 2 heterocycles. The van der Waals surface area contributed by atoms with Crippen molar-refractivity contribution >= 4 is 28.7 Å². The van der Waals surface area contributed by atoms with Gasteiger partial charge in [0.15, 0.2) is 17.8 Å². The minimum absolute atomic E-state index is 0.0464. The van der Waals surface area contributed by atoms with E-state index >= 15 is 0 Å². The van der Waals surface area contributed by atoms with E-state index in [0.717, 1.165) is 4.57 Å². The molecular weight excluding hydrogens is 404 g/mol. The first-order valence-electron chi connectivity index (χ1n) is 8.61. The lowest BCUT2D eigenvalue weighted by Gasteiger charge is -2.13. The van der Waals surface area contributed by atoms with Gasteiger partial charge in [0.2, 0.25) is 0 Å². The molecule has 0 aliphatic carbocycles. The minimum atomic E-state index is -1.09. The first kappa shape index (κ1) is 20.6. The maximum Gasteiger partial charge on any atom is 0.344 e. The number of esters is 1. The molecule has 3 rings (SSSR count). The molecule has 1 N–H and O–H groups in total. The van der Waals surface area contributed by atoms with Crippen LogP contribution in [0.5, 0.6) is 5.75 Å². The zero-order valence-corrected chi connectivity index (χ0v) is 16.5. The maximum absolute atomic E-state index is 12.4.